The summed E-state index contributed by atoms with van der Waals surface area (Å²) >= 11 is 12.5. The van der Waals surface area contributed by atoms with E-state index in [0.717, 1.165) is 6.42 Å². The first-order valence-corrected chi connectivity index (χ1v) is 9.63. The quantitative estimate of drug-likeness (QED) is 0.698. The van der Waals surface area contributed by atoms with Crippen LogP contribution in [-0.4, -0.2) is 38.2 Å². The molecule has 0 saturated carbocycles. The molecule has 0 aromatic heterocycles. The zero-order valence-corrected chi connectivity index (χ0v) is 17.4. The molecule has 2 aromatic carbocycles. The van der Waals surface area contributed by atoms with Gasteiger partial charge in [0.05, 0.1) is 36.1 Å². The van der Waals surface area contributed by atoms with Gasteiger partial charge in [-0.15, -0.1) is 0 Å². The lowest BCUT2D eigenvalue weighted by Gasteiger charge is -2.16. The number of rotatable bonds is 6. The van der Waals surface area contributed by atoms with Crippen LogP contribution in [0.2, 0.25) is 10.0 Å². The van der Waals surface area contributed by atoms with E-state index in [2.05, 4.69) is 10.6 Å². The second-order valence-corrected chi connectivity index (χ2v) is 7.23. The van der Waals surface area contributed by atoms with Gasteiger partial charge in [-0.2, -0.15) is 0 Å². The first-order valence-electron chi connectivity index (χ1n) is 8.87. The largest absolute Gasteiger partial charge is 0.493 e. The van der Waals surface area contributed by atoms with Gasteiger partial charge in [-0.05, 0) is 30.3 Å². The second kappa shape index (κ2) is 9.35. The van der Waals surface area contributed by atoms with Gasteiger partial charge in [0.25, 0.3) is 5.91 Å². The zero-order valence-electron chi connectivity index (χ0n) is 15.9. The van der Waals surface area contributed by atoms with Crippen molar-refractivity contribution in [1.29, 1.82) is 0 Å². The molecule has 7 nitrogen and oxygen atoms in total. The molecule has 1 fully saturated rings. The Bertz CT molecular complexity index is 906. The monoisotopic (exact) mass is 438 g/mol. The molecular formula is C20H20Cl2N2O5. The third kappa shape index (κ3) is 5.32. The van der Waals surface area contributed by atoms with Gasteiger partial charge >= 0.3 is 0 Å². The Morgan fingerprint density at radius 3 is 2.41 bits per heavy atom. The summed E-state index contributed by atoms with van der Waals surface area (Å²) in [5, 5.41) is 5.68. The number of methoxy groups -OCH3 is 1. The number of hydrogen-bond acceptors (Lipinski definition) is 5. The molecule has 2 N–H and O–H groups in total. The molecule has 1 heterocycles. The first-order chi connectivity index (χ1) is 13.9. The van der Waals surface area contributed by atoms with Crippen molar-refractivity contribution in [2.24, 2.45) is 0 Å². The van der Waals surface area contributed by atoms with Crippen molar-refractivity contribution in [3.63, 3.8) is 0 Å². The van der Waals surface area contributed by atoms with Crippen LogP contribution in [0, 0.1) is 0 Å². The number of carbonyl (C=O) groups excluding carboxylic acids is 2. The van der Waals surface area contributed by atoms with Crippen LogP contribution in [-0.2, 0) is 9.53 Å². The first kappa shape index (κ1) is 21.2. The molecule has 2 amide bonds. The molecular weight excluding hydrogens is 419 g/mol. The summed E-state index contributed by atoms with van der Waals surface area (Å²) < 4.78 is 16.6. The summed E-state index contributed by atoms with van der Waals surface area (Å²) in [7, 11) is 1.53. The summed E-state index contributed by atoms with van der Waals surface area (Å²) in [4.78, 5) is 23.9. The summed E-state index contributed by atoms with van der Waals surface area (Å²) in [5.74, 6) is 0.293. The average Bonchev–Trinajstić information content (AvgIpc) is 3.17. The van der Waals surface area contributed by atoms with Gasteiger partial charge in [-0.1, -0.05) is 23.2 Å². The van der Waals surface area contributed by atoms with E-state index in [9.17, 15) is 9.59 Å². The van der Waals surface area contributed by atoms with E-state index in [1.807, 2.05) is 0 Å². The molecule has 0 radical (unpaired) electrons. The molecule has 3 rings (SSSR count). The molecule has 0 spiro atoms. The molecule has 1 unspecified atom stereocenters. The van der Waals surface area contributed by atoms with Crippen molar-refractivity contribution < 1.29 is 23.8 Å². The van der Waals surface area contributed by atoms with Crippen LogP contribution in [0.5, 0.6) is 11.5 Å². The Labute approximate surface area is 178 Å². The molecule has 9 heteroatoms. The van der Waals surface area contributed by atoms with Crippen LogP contribution in [0.4, 0.5) is 11.4 Å². The zero-order chi connectivity index (χ0) is 21.0. The minimum absolute atomic E-state index is 0.0904. The van der Waals surface area contributed by atoms with Crippen molar-refractivity contribution in [3.8, 4) is 11.5 Å². The van der Waals surface area contributed by atoms with Gasteiger partial charge in [0, 0.05) is 24.6 Å². The van der Waals surface area contributed by atoms with Crippen LogP contribution in [0.1, 0.15) is 23.7 Å². The van der Waals surface area contributed by atoms with Gasteiger partial charge in [0.1, 0.15) is 6.10 Å². The molecule has 1 aliphatic rings. The smallest absolute Gasteiger partial charge is 0.255 e. The molecule has 2 aromatic rings. The highest BCUT2D eigenvalue weighted by atomic mass is 35.5. The number of nitrogens with one attached hydrogen (secondary N) is 2. The Morgan fingerprint density at radius 2 is 1.83 bits per heavy atom. The van der Waals surface area contributed by atoms with Crippen molar-refractivity contribution in [1.82, 2.24) is 0 Å². The maximum atomic E-state index is 12.8. The lowest BCUT2D eigenvalue weighted by Crippen LogP contribution is -2.17. The van der Waals surface area contributed by atoms with Crippen molar-refractivity contribution in [3.05, 3.63) is 45.9 Å². The van der Waals surface area contributed by atoms with Gasteiger partial charge in [-0.3, -0.25) is 9.59 Å². The predicted molar refractivity (Wildman–Crippen MR) is 112 cm³/mol. The van der Waals surface area contributed by atoms with E-state index in [-0.39, 0.29) is 27.7 Å². The normalized spacial score (nSPS) is 15.7. The lowest BCUT2D eigenvalue weighted by atomic mass is 10.1. The van der Waals surface area contributed by atoms with Gasteiger partial charge in [0.2, 0.25) is 5.91 Å². The summed E-state index contributed by atoms with van der Waals surface area (Å²) in [6.45, 7) is 2.50. The summed E-state index contributed by atoms with van der Waals surface area (Å²) in [6.07, 6.45) is 0.679. The SMILES string of the molecule is COc1ccc(C(=O)Nc2c(Cl)cc(NC(C)=O)cc2Cl)cc1OC1CCOC1. The molecule has 1 saturated heterocycles. The van der Waals surface area contributed by atoms with Gasteiger partial charge in [0.15, 0.2) is 11.5 Å². The lowest BCUT2D eigenvalue weighted by molar-refractivity contribution is -0.114. The number of hydrogen-bond donors (Lipinski definition) is 2. The summed E-state index contributed by atoms with van der Waals surface area (Å²) in [5.41, 5.74) is 1.03. The average molecular weight is 439 g/mol. The second-order valence-electron chi connectivity index (χ2n) is 6.42. The van der Waals surface area contributed by atoms with Crippen LogP contribution < -0.4 is 20.1 Å². The third-order valence-electron chi connectivity index (χ3n) is 4.21. The van der Waals surface area contributed by atoms with E-state index in [1.165, 1.54) is 26.2 Å². The highest BCUT2D eigenvalue weighted by Crippen LogP contribution is 2.35. The maximum absolute atomic E-state index is 12.8. The number of benzene rings is 2. The fourth-order valence-electron chi connectivity index (χ4n) is 2.85. The molecule has 0 aliphatic carbocycles. The number of carbonyl (C=O) groups is 2. The van der Waals surface area contributed by atoms with Crippen LogP contribution >= 0.6 is 23.2 Å². The maximum Gasteiger partial charge on any atom is 0.255 e. The van der Waals surface area contributed by atoms with E-state index >= 15 is 0 Å². The van der Waals surface area contributed by atoms with E-state index in [1.54, 1.807) is 18.2 Å². The standard InChI is InChI=1S/C20H20Cl2N2O5/c1-11(25)23-13-8-15(21)19(16(22)9-13)24-20(26)12-3-4-17(27-2)18(7-12)29-14-5-6-28-10-14/h3-4,7-9,14H,5-6,10H2,1-2H3,(H,23,25)(H,24,26). The van der Waals surface area contributed by atoms with Crippen LogP contribution in [0.15, 0.2) is 30.3 Å². The summed E-state index contributed by atoms with van der Waals surface area (Å²) in [6, 6.07) is 7.88. The highest BCUT2D eigenvalue weighted by Gasteiger charge is 2.21. The van der Waals surface area contributed by atoms with Crippen LogP contribution in [0.3, 0.4) is 0 Å². The molecule has 154 valence electrons. The predicted octanol–water partition coefficient (Wildman–Crippen LogP) is 4.38. The minimum Gasteiger partial charge on any atom is -0.493 e. The molecule has 1 aliphatic heterocycles. The topological polar surface area (TPSA) is 85.9 Å². The van der Waals surface area contributed by atoms with E-state index in [0.29, 0.717) is 36.0 Å². The van der Waals surface area contributed by atoms with Crippen molar-refractivity contribution in [2.75, 3.05) is 31.0 Å². The minimum atomic E-state index is -0.420. The fourth-order valence-corrected chi connectivity index (χ4v) is 3.43. The number of amides is 2. The highest BCUT2D eigenvalue weighted by molar-refractivity contribution is 6.40. The third-order valence-corrected chi connectivity index (χ3v) is 4.80. The van der Waals surface area contributed by atoms with Gasteiger partial charge in [-0.25, -0.2) is 0 Å². The van der Waals surface area contributed by atoms with E-state index in [4.69, 9.17) is 37.4 Å². The Hall–Kier alpha value is -2.48. The Balaban J connectivity index is 1.80. The van der Waals surface area contributed by atoms with Crippen molar-refractivity contribution >= 4 is 46.4 Å². The van der Waals surface area contributed by atoms with E-state index < -0.39 is 5.91 Å². The van der Waals surface area contributed by atoms with Gasteiger partial charge < -0.3 is 24.8 Å². The molecule has 29 heavy (non-hydrogen) atoms. The molecule has 0 bridgehead atoms. The van der Waals surface area contributed by atoms with Crippen molar-refractivity contribution in [2.45, 2.75) is 19.4 Å². The number of halogens is 2. The fraction of sp³-hybridized carbons (Fsp3) is 0.300. The molecule has 1 atom stereocenters. The number of ether oxygens (including phenoxy) is 3. The Kier molecular flexibility index (Phi) is 6.84. The Morgan fingerprint density at radius 1 is 1.10 bits per heavy atom. The number of anilines is 2. The van der Waals surface area contributed by atoms with Crippen LogP contribution in [0.25, 0.3) is 0 Å².